The summed E-state index contributed by atoms with van der Waals surface area (Å²) in [5, 5.41) is 4.67. The van der Waals surface area contributed by atoms with Crippen molar-refractivity contribution >= 4 is 11.8 Å². The number of hydrogen-bond donors (Lipinski definition) is 0. The molecule has 29 heavy (non-hydrogen) atoms. The summed E-state index contributed by atoms with van der Waals surface area (Å²) in [6.07, 6.45) is 4.08. The molecule has 4 rings (SSSR count). The fourth-order valence-electron chi connectivity index (χ4n) is 4.33. The first-order chi connectivity index (χ1) is 14.1. The predicted octanol–water partition coefficient (Wildman–Crippen LogP) is 2.18. The molecule has 0 atom stereocenters. The van der Waals surface area contributed by atoms with Crippen LogP contribution in [0.4, 0.5) is 0 Å². The van der Waals surface area contributed by atoms with Crippen molar-refractivity contribution in [3.63, 3.8) is 0 Å². The standard InChI is InChI=1S/C22H28N4O3/c1-24-20-10-13-26(22(28)16-6-5-7-17(14-16)29-2)15-18(20)19(23-24)8-9-21(27)25-11-3-4-12-25/h5-7,14H,3-4,8-13,15H2,1-2H3. The Hall–Kier alpha value is -2.83. The first-order valence-corrected chi connectivity index (χ1v) is 10.3. The summed E-state index contributed by atoms with van der Waals surface area (Å²) in [6.45, 7) is 2.95. The number of hydrogen-bond acceptors (Lipinski definition) is 4. The highest BCUT2D eigenvalue weighted by Crippen LogP contribution is 2.25. The van der Waals surface area contributed by atoms with Crippen LogP contribution in [0.3, 0.4) is 0 Å². The van der Waals surface area contributed by atoms with Crippen molar-refractivity contribution in [3.8, 4) is 5.75 Å². The molecule has 2 aliphatic heterocycles. The molecule has 0 radical (unpaired) electrons. The molecule has 0 aliphatic carbocycles. The number of carbonyl (C=O) groups is 2. The van der Waals surface area contributed by atoms with E-state index in [0.29, 0.717) is 37.2 Å². The first kappa shape index (κ1) is 19.5. The fraction of sp³-hybridized carbons (Fsp3) is 0.500. The van der Waals surface area contributed by atoms with Gasteiger partial charge < -0.3 is 14.5 Å². The molecule has 3 heterocycles. The van der Waals surface area contributed by atoms with Crippen molar-refractivity contribution in [2.75, 3.05) is 26.7 Å². The number of ether oxygens (including phenoxy) is 1. The smallest absolute Gasteiger partial charge is 0.254 e. The van der Waals surface area contributed by atoms with Gasteiger partial charge in [0.25, 0.3) is 5.91 Å². The third kappa shape index (κ3) is 3.99. The molecule has 1 fully saturated rings. The molecule has 0 spiro atoms. The molecule has 0 saturated carbocycles. The maximum Gasteiger partial charge on any atom is 0.254 e. The Labute approximate surface area is 171 Å². The van der Waals surface area contributed by atoms with Crippen LogP contribution in [0.2, 0.25) is 0 Å². The number of carbonyl (C=O) groups excluding carboxylic acids is 2. The van der Waals surface area contributed by atoms with Crippen molar-refractivity contribution in [2.45, 2.75) is 38.6 Å². The molecular formula is C22H28N4O3. The summed E-state index contributed by atoms with van der Waals surface area (Å²) in [5.41, 5.74) is 3.84. The predicted molar refractivity (Wildman–Crippen MR) is 109 cm³/mol. The minimum atomic E-state index is -0.00232. The molecule has 2 aromatic rings. The van der Waals surface area contributed by atoms with Gasteiger partial charge in [0.05, 0.1) is 12.8 Å². The Balaban J connectivity index is 1.47. The van der Waals surface area contributed by atoms with E-state index in [1.54, 1.807) is 13.2 Å². The molecule has 1 aromatic heterocycles. The van der Waals surface area contributed by atoms with Crippen molar-refractivity contribution in [2.24, 2.45) is 7.05 Å². The van der Waals surface area contributed by atoms with Crippen molar-refractivity contribution in [1.29, 1.82) is 0 Å². The summed E-state index contributed by atoms with van der Waals surface area (Å²) in [6, 6.07) is 7.26. The number of nitrogens with zero attached hydrogens (tertiary/aromatic N) is 4. The highest BCUT2D eigenvalue weighted by Gasteiger charge is 2.28. The lowest BCUT2D eigenvalue weighted by atomic mass is 10.0. The van der Waals surface area contributed by atoms with E-state index in [1.165, 1.54) is 5.69 Å². The van der Waals surface area contributed by atoms with Gasteiger partial charge in [-0.2, -0.15) is 5.10 Å². The molecule has 2 amide bonds. The molecule has 0 N–H and O–H groups in total. The molecular weight excluding hydrogens is 368 g/mol. The van der Waals surface area contributed by atoms with Gasteiger partial charge in [-0.1, -0.05) is 6.07 Å². The Morgan fingerprint density at radius 2 is 1.93 bits per heavy atom. The van der Waals surface area contributed by atoms with Gasteiger partial charge in [-0.3, -0.25) is 14.3 Å². The normalized spacial score (nSPS) is 16.1. The van der Waals surface area contributed by atoms with E-state index < -0.39 is 0 Å². The van der Waals surface area contributed by atoms with Crippen molar-refractivity contribution in [3.05, 3.63) is 46.8 Å². The molecule has 154 valence electrons. The molecule has 7 nitrogen and oxygen atoms in total. The van der Waals surface area contributed by atoms with Gasteiger partial charge >= 0.3 is 0 Å². The molecule has 0 bridgehead atoms. The van der Waals surface area contributed by atoms with E-state index in [4.69, 9.17) is 4.74 Å². The van der Waals surface area contributed by atoms with E-state index in [9.17, 15) is 9.59 Å². The van der Waals surface area contributed by atoms with Gasteiger partial charge in [0.15, 0.2) is 0 Å². The minimum absolute atomic E-state index is 0.00232. The van der Waals surface area contributed by atoms with Crippen molar-refractivity contribution < 1.29 is 14.3 Å². The zero-order valence-electron chi connectivity index (χ0n) is 17.2. The Morgan fingerprint density at radius 1 is 1.14 bits per heavy atom. The van der Waals surface area contributed by atoms with E-state index >= 15 is 0 Å². The number of methoxy groups -OCH3 is 1. The fourth-order valence-corrected chi connectivity index (χ4v) is 4.33. The van der Waals surface area contributed by atoms with Gasteiger partial charge in [-0.05, 0) is 31.0 Å². The van der Waals surface area contributed by atoms with E-state index in [1.807, 2.05) is 39.7 Å². The van der Waals surface area contributed by atoms with Crippen LogP contribution in [-0.4, -0.2) is 58.1 Å². The summed E-state index contributed by atoms with van der Waals surface area (Å²) < 4.78 is 7.16. The Kier molecular flexibility index (Phi) is 5.56. The number of aromatic nitrogens is 2. The topological polar surface area (TPSA) is 67.7 Å². The van der Waals surface area contributed by atoms with E-state index in [2.05, 4.69) is 5.10 Å². The van der Waals surface area contributed by atoms with Crippen LogP contribution in [0.15, 0.2) is 24.3 Å². The van der Waals surface area contributed by atoms with Gasteiger partial charge in [-0.25, -0.2) is 0 Å². The highest BCUT2D eigenvalue weighted by atomic mass is 16.5. The maximum atomic E-state index is 13.0. The lowest BCUT2D eigenvalue weighted by molar-refractivity contribution is -0.130. The third-order valence-corrected chi connectivity index (χ3v) is 5.96. The number of amides is 2. The summed E-state index contributed by atoms with van der Waals surface area (Å²) >= 11 is 0. The second-order valence-corrected chi connectivity index (χ2v) is 7.79. The second-order valence-electron chi connectivity index (χ2n) is 7.79. The zero-order chi connectivity index (χ0) is 20.4. The highest BCUT2D eigenvalue weighted by molar-refractivity contribution is 5.94. The van der Waals surface area contributed by atoms with Crippen LogP contribution in [0.5, 0.6) is 5.75 Å². The van der Waals surface area contributed by atoms with E-state index in [0.717, 1.165) is 43.6 Å². The minimum Gasteiger partial charge on any atom is -0.497 e. The van der Waals surface area contributed by atoms with E-state index in [-0.39, 0.29) is 11.8 Å². The van der Waals surface area contributed by atoms with Gasteiger partial charge in [0.2, 0.25) is 5.91 Å². The molecule has 1 aromatic carbocycles. The Morgan fingerprint density at radius 3 is 2.69 bits per heavy atom. The quantitative estimate of drug-likeness (QED) is 0.777. The van der Waals surface area contributed by atoms with Crippen LogP contribution in [0, 0.1) is 0 Å². The number of rotatable bonds is 5. The average molecular weight is 396 g/mol. The molecule has 7 heteroatoms. The lowest BCUT2D eigenvalue weighted by Gasteiger charge is -2.28. The van der Waals surface area contributed by atoms with Crippen LogP contribution in [0.1, 0.15) is 46.6 Å². The number of likely N-dealkylation sites (tertiary alicyclic amines) is 1. The van der Waals surface area contributed by atoms with Crippen LogP contribution < -0.4 is 4.74 Å². The van der Waals surface area contributed by atoms with Gasteiger partial charge in [0, 0.05) is 69.3 Å². The average Bonchev–Trinajstić information content (AvgIpc) is 3.40. The number of aryl methyl sites for hydroxylation is 2. The lowest BCUT2D eigenvalue weighted by Crippen LogP contribution is -2.36. The zero-order valence-corrected chi connectivity index (χ0v) is 17.2. The van der Waals surface area contributed by atoms with Crippen molar-refractivity contribution in [1.82, 2.24) is 19.6 Å². The molecule has 0 unspecified atom stereocenters. The Bertz CT molecular complexity index is 915. The van der Waals surface area contributed by atoms with Gasteiger partial charge in [0.1, 0.15) is 5.75 Å². The molecule has 1 saturated heterocycles. The third-order valence-electron chi connectivity index (χ3n) is 5.96. The van der Waals surface area contributed by atoms with Gasteiger partial charge in [-0.15, -0.1) is 0 Å². The second kappa shape index (κ2) is 8.27. The number of benzene rings is 1. The maximum absolute atomic E-state index is 13.0. The first-order valence-electron chi connectivity index (χ1n) is 10.3. The van der Waals surface area contributed by atoms with Crippen LogP contribution >= 0.6 is 0 Å². The summed E-state index contributed by atoms with van der Waals surface area (Å²) in [7, 11) is 3.55. The molecule has 2 aliphatic rings. The monoisotopic (exact) mass is 396 g/mol. The van der Waals surface area contributed by atoms with Crippen LogP contribution in [0.25, 0.3) is 0 Å². The summed E-state index contributed by atoms with van der Waals surface area (Å²) in [4.78, 5) is 29.3. The van der Waals surface area contributed by atoms with Crippen LogP contribution in [-0.2, 0) is 31.2 Å². The summed E-state index contributed by atoms with van der Waals surface area (Å²) in [5.74, 6) is 0.885. The number of fused-ring (bicyclic) bond motifs is 1. The SMILES string of the molecule is COc1cccc(C(=O)N2CCc3c(c(CCC(=O)N4CCCC4)nn3C)C2)c1. The largest absolute Gasteiger partial charge is 0.497 e.